The van der Waals surface area contributed by atoms with Crippen LogP contribution < -0.4 is 14.8 Å². The van der Waals surface area contributed by atoms with Crippen molar-refractivity contribution in [2.75, 3.05) is 12.4 Å². The van der Waals surface area contributed by atoms with Crippen molar-refractivity contribution >= 4 is 34.8 Å². The van der Waals surface area contributed by atoms with E-state index in [2.05, 4.69) is 10.1 Å². The van der Waals surface area contributed by atoms with Crippen molar-refractivity contribution < 1.29 is 23.0 Å². The normalized spacial score (nSPS) is 14.7. The summed E-state index contributed by atoms with van der Waals surface area (Å²) in [5, 5.41) is 3.22. The van der Waals surface area contributed by atoms with Gasteiger partial charge in [-0.3, -0.25) is 4.79 Å². The number of carbonyl (C=O) groups is 1. The van der Waals surface area contributed by atoms with Crippen molar-refractivity contribution in [1.82, 2.24) is 0 Å². The molecular formula is C17H12ClF2NO3. The lowest BCUT2D eigenvalue weighted by Crippen LogP contribution is -2.04. The number of rotatable bonds is 4. The fraction of sp³-hybridized carbons (Fsp3) is 0.118. The zero-order chi connectivity index (χ0) is 17.3. The highest BCUT2D eigenvalue weighted by Gasteiger charge is 2.24. The van der Waals surface area contributed by atoms with Crippen LogP contribution in [-0.4, -0.2) is 19.6 Å². The molecule has 1 heterocycles. The van der Waals surface area contributed by atoms with Crippen LogP contribution in [0.1, 0.15) is 11.1 Å². The molecule has 1 aliphatic rings. The number of alkyl halides is 2. The van der Waals surface area contributed by atoms with Gasteiger partial charge in [-0.05, 0) is 35.9 Å². The Bertz CT molecular complexity index is 837. The molecule has 0 unspecified atom stereocenters. The summed E-state index contributed by atoms with van der Waals surface area (Å²) in [6.07, 6.45) is 1.59. The molecule has 0 saturated carbocycles. The van der Waals surface area contributed by atoms with Gasteiger partial charge in [0, 0.05) is 16.2 Å². The van der Waals surface area contributed by atoms with Crippen LogP contribution in [0.3, 0.4) is 0 Å². The number of fused-ring (bicyclic) bond motifs is 1. The van der Waals surface area contributed by atoms with E-state index in [9.17, 15) is 13.6 Å². The molecule has 0 fully saturated rings. The van der Waals surface area contributed by atoms with Crippen molar-refractivity contribution in [1.29, 1.82) is 0 Å². The molecule has 1 amide bonds. The van der Waals surface area contributed by atoms with E-state index in [-0.39, 0.29) is 17.4 Å². The second-order valence-corrected chi connectivity index (χ2v) is 5.43. The van der Waals surface area contributed by atoms with Gasteiger partial charge in [0.15, 0.2) is 11.5 Å². The Morgan fingerprint density at radius 1 is 1.17 bits per heavy atom. The van der Waals surface area contributed by atoms with E-state index in [1.54, 1.807) is 30.3 Å². The van der Waals surface area contributed by atoms with Crippen molar-refractivity contribution in [3.8, 4) is 11.5 Å². The van der Waals surface area contributed by atoms with Gasteiger partial charge >= 0.3 is 6.61 Å². The number of benzene rings is 2. The summed E-state index contributed by atoms with van der Waals surface area (Å²) in [6.45, 7) is -2.97. The van der Waals surface area contributed by atoms with Crippen LogP contribution in [0, 0.1) is 0 Å². The number of amides is 1. The van der Waals surface area contributed by atoms with Gasteiger partial charge in [-0.15, -0.1) is 0 Å². The summed E-state index contributed by atoms with van der Waals surface area (Å²) in [5.41, 5.74) is 2.24. The van der Waals surface area contributed by atoms with Gasteiger partial charge in [-0.2, -0.15) is 8.78 Å². The Morgan fingerprint density at radius 2 is 1.96 bits per heavy atom. The third-order valence-corrected chi connectivity index (χ3v) is 3.71. The van der Waals surface area contributed by atoms with E-state index in [0.717, 1.165) is 0 Å². The number of methoxy groups -OCH3 is 1. The second kappa shape index (κ2) is 6.49. The van der Waals surface area contributed by atoms with Crippen molar-refractivity contribution in [3.05, 3.63) is 52.5 Å². The molecule has 1 aliphatic heterocycles. The highest BCUT2D eigenvalue weighted by molar-refractivity contribution is 6.36. The Labute approximate surface area is 141 Å². The monoisotopic (exact) mass is 351 g/mol. The largest absolute Gasteiger partial charge is 0.493 e. The van der Waals surface area contributed by atoms with Crippen LogP contribution in [-0.2, 0) is 4.79 Å². The van der Waals surface area contributed by atoms with Gasteiger partial charge in [0.25, 0.3) is 5.91 Å². The lowest BCUT2D eigenvalue weighted by Gasteiger charge is -2.10. The molecule has 0 aliphatic carbocycles. The molecule has 124 valence electrons. The van der Waals surface area contributed by atoms with Crippen molar-refractivity contribution in [2.24, 2.45) is 0 Å². The maximum absolute atomic E-state index is 12.5. The maximum atomic E-state index is 12.5. The van der Waals surface area contributed by atoms with E-state index < -0.39 is 6.61 Å². The first-order chi connectivity index (χ1) is 11.5. The van der Waals surface area contributed by atoms with E-state index in [4.69, 9.17) is 16.3 Å². The molecule has 0 atom stereocenters. The van der Waals surface area contributed by atoms with Gasteiger partial charge in [-0.25, -0.2) is 0 Å². The predicted molar refractivity (Wildman–Crippen MR) is 87.6 cm³/mol. The SMILES string of the molecule is COc1ccc(/C=C2/C(=O)Nc3cc(Cl)ccc32)cc1OC(F)F. The first-order valence-corrected chi connectivity index (χ1v) is 7.31. The molecule has 0 bridgehead atoms. The summed E-state index contributed by atoms with van der Waals surface area (Å²) in [7, 11) is 1.36. The fourth-order valence-corrected chi connectivity index (χ4v) is 2.62. The van der Waals surface area contributed by atoms with Crippen LogP contribution in [0.15, 0.2) is 36.4 Å². The lowest BCUT2D eigenvalue weighted by atomic mass is 10.0. The Morgan fingerprint density at radius 3 is 2.67 bits per heavy atom. The molecule has 4 nitrogen and oxygen atoms in total. The zero-order valence-corrected chi connectivity index (χ0v) is 13.2. The fourth-order valence-electron chi connectivity index (χ4n) is 2.45. The smallest absolute Gasteiger partial charge is 0.387 e. The van der Waals surface area contributed by atoms with Gasteiger partial charge < -0.3 is 14.8 Å². The summed E-state index contributed by atoms with van der Waals surface area (Å²) in [6, 6.07) is 9.58. The average Bonchev–Trinajstić information content (AvgIpc) is 2.82. The Kier molecular flexibility index (Phi) is 4.40. The number of carbonyl (C=O) groups excluding carboxylic acids is 1. The van der Waals surface area contributed by atoms with Crippen LogP contribution in [0.4, 0.5) is 14.5 Å². The Hall–Kier alpha value is -2.60. The number of nitrogens with one attached hydrogen (secondary N) is 1. The van der Waals surface area contributed by atoms with E-state index >= 15 is 0 Å². The van der Waals surface area contributed by atoms with Gasteiger partial charge in [0.05, 0.1) is 12.8 Å². The molecule has 0 aromatic heterocycles. The average molecular weight is 352 g/mol. The summed E-state index contributed by atoms with van der Waals surface area (Å²) >= 11 is 5.91. The molecule has 0 spiro atoms. The Balaban J connectivity index is 2.01. The number of anilines is 1. The van der Waals surface area contributed by atoms with E-state index in [0.29, 0.717) is 27.4 Å². The van der Waals surface area contributed by atoms with E-state index in [1.807, 2.05) is 0 Å². The van der Waals surface area contributed by atoms with E-state index in [1.165, 1.54) is 19.2 Å². The first kappa shape index (κ1) is 16.3. The molecule has 2 aromatic rings. The number of hydrogen-bond donors (Lipinski definition) is 1. The highest BCUT2D eigenvalue weighted by atomic mass is 35.5. The molecular weight excluding hydrogens is 340 g/mol. The van der Waals surface area contributed by atoms with Crippen molar-refractivity contribution in [3.63, 3.8) is 0 Å². The lowest BCUT2D eigenvalue weighted by molar-refractivity contribution is -0.110. The van der Waals surface area contributed by atoms with Crippen molar-refractivity contribution in [2.45, 2.75) is 6.61 Å². The molecule has 24 heavy (non-hydrogen) atoms. The molecule has 7 heteroatoms. The third kappa shape index (κ3) is 3.19. The van der Waals surface area contributed by atoms with Gasteiger partial charge in [-0.1, -0.05) is 23.7 Å². The molecule has 0 saturated heterocycles. The highest BCUT2D eigenvalue weighted by Crippen LogP contribution is 2.36. The molecule has 3 rings (SSSR count). The minimum Gasteiger partial charge on any atom is -0.493 e. The van der Waals surface area contributed by atoms with Crippen LogP contribution in [0.5, 0.6) is 11.5 Å². The molecule has 2 aromatic carbocycles. The summed E-state index contributed by atoms with van der Waals surface area (Å²) in [5.74, 6) is -0.212. The summed E-state index contributed by atoms with van der Waals surface area (Å²) in [4.78, 5) is 12.1. The minimum absolute atomic E-state index is 0.100. The molecule has 0 radical (unpaired) electrons. The van der Waals surface area contributed by atoms with Crippen LogP contribution >= 0.6 is 11.6 Å². The quantitative estimate of drug-likeness (QED) is 0.828. The number of halogens is 3. The van der Waals surface area contributed by atoms with Gasteiger partial charge in [0.2, 0.25) is 0 Å². The van der Waals surface area contributed by atoms with Crippen LogP contribution in [0.2, 0.25) is 5.02 Å². The standard InChI is InChI=1S/C17H12ClF2NO3/c1-23-14-5-2-9(7-15(14)24-17(19)20)6-12-11-4-3-10(18)8-13(11)21-16(12)22/h2-8,17H,1H3,(H,21,22)/b12-6+. The zero-order valence-electron chi connectivity index (χ0n) is 12.5. The topological polar surface area (TPSA) is 47.6 Å². The third-order valence-electron chi connectivity index (χ3n) is 3.48. The predicted octanol–water partition coefficient (Wildman–Crippen LogP) is 4.44. The summed E-state index contributed by atoms with van der Waals surface area (Å²) < 4.78 is 34.4. The molecule has 1 N–H and O–H groups in total. The maximum Gasteiger partial charge on any atom is 0.387 e. The van der Waals surface area contributed by atoms with Gasteiger partial charge in [0.1, 0.15) is 0 Å². The minimum atomic E-state index is -2.97. The first-order valence-electron chi connectivity index (χ1n) is 6.94. The number of ether oxygens (including phenoxy) is 2. The second-order valence-electron chi connectivity index (χ2n) is 4.99. The number of hydrogen-bond acceptors (Lipinski definition) is 3. The van der Waals surface area contributed by atoms with Crippen LogP contribution in [0.25, 0.3) is 11.6 Å².